The highest BCUT2D eigenvalue weighted by molar-refractivity contribution is 7.86. The highest BCUT2D eigenvalue weighted by atomic mass is 32.2. The van der Waals surface area contributed by atoms with Gasteiger partial charge in [-0.1, -0.05) is 38.0 Å². The van der Waals surface area contributed by atoms with E-state index in [0.717, 1.165) is 24.8 Å². The summed E-state index contributed by atoms with van der Waals surface area (Å²) in [5.74, 6) is -1.46. The van der Waals surface area contributed by atoms with Crippen LogP contribution in [-0.2, 0) is 14.3 Å². The second-order valence-corrected chi connectivity index (χ2v) is 8.33. The van der Waals surface area contributed by atoms with Crippen molar-refractivity contribution < 1.29 is 25.8 Å². The first-order valence-electron chi connectivity index (χ1n) is 9.10. The Morgan fingerprint density at radius 2 is 1.86 bits per heavy atom. The molecule has 2 aromatic carbocycles. The monoisotopic (exact) mass is 422 g/mol. The molecule has 1 heterocycles. The quantitative estimate of drug-likeness (QED) is 0.504. The van der Waals surface area contributed by atoms with Crippen LogP contribution in [0.4, 0.5) is 8.78 Å². The van der Waals surface area contributed by atoms with E-state index in [4.69, 9.17) is 8.60 Å². The Bertz CT molecular complexity index is 1200. The molecule has 0 saturated heterocycles. The normalized spacial score (nSPS) is 13.0. The Balaban J connectivity index is 2.36. The summed E-state index contributed by atoms with van der Waals surface area (Å²) in [6.07, 6.45) is 1.37. The molecule has 0 N–H and O–H groups in total. The predicted octanol–water partition coefficient (Wildman–Crippen LogP) is 4.95. The smallest absolute Gasteiger partial charge is 0.265 e. The molecule has 5 nitrogen and oxygen atoms in total. The van der Waals surface area contributed by atoms with Crippen LogP contribution < -0.4 is 5.43 Å². The van der Waals surface area contributed by atoms with Gasteiger partial charge in [-0.25, -0.2) is 8.78 Å². The maximum absolute atomic E-state index is 14.4. The second-order valence-electron chi connectivity index (χ2n) is 6.72. The third-order valence-corrected chi connectivity index (χ3v) is 4.99. The van der Waals surface area contributed by atoms with Crippen LogP contribution in [0, 0.1) is 11.6 Å². The molecule has 1 atom stereocenters. The lowest BCUT2D eigenvalue weighted by atomic mass is 9.97. The SMILES string of the molecule is CCCCC(OS(C)(=O)=O)c1oc2cccc(F)c2c(=O)c1-c1cccc(F)c1. The molecule has 29 heavy (non-hydrogen) atoms. The van der Waals surface area contributed by atoms with Crippen LogP contribution in [0.2, 0.25) is 0 Å². The minimum Gasteiger partial charge on any atom is -0.457 e. The van der Waals surface area contributed by atoms with Crippen molar-refractivity contribution in [3.63, 3.8) is 0 Å². The second kappa shape index (κ2) is 8.42. The lowest BCUT2D eigenvalue weighted by molar-refractivity contribution is 0.174. The maximum atomic E-state index is 14.4. The zero-order chi connectivity index (χ0) is 21.2. The summed E-state index contributed by atoms with van der Waals surface area (Å²) in [6.45, 7) is 1.91. The number of hydrogen-bond donors (Lipinski definition) is 0. The van der Waals surface area contributed by atoms with Gasteiger partial charge in [-0.3, -0.25) is 8.98 Å². The van der Waals surface area contributed by atoms with Crippen LogP contribution in [0.5, 0.6) is 0 Å². The average Bonchev–Trinajstić information content (AvgIpc) is 2.64. The zero-order valence-corrected chi connectivity index (χ0v) is 16.8. The molecule has 0 aliphatic carbocycles. The molecule has 3 aromatic rings. The third kappa shape index (κ3) is 4.71. The summed E-state index contributed by atoms with van der Waals surface area (Å²) in [7, 11) is -3.89. The van der Waals surface area contributed by atoms with Crippen molar-refractivity contribution in [2.75, 3.05) is 6.26 Å². The van der Waals surface area contributed by atoms with Gasteiger partial charge < -0.3 is 4.42 Å². The lowest BCUT2D eigenvalue weighted by Crippen LogP contribution is -2.17. The lowest BCUT2D eigenvalue weighted by Gasteiger charge is -2.19. The molecule has 0 bridgehead atoms. The first-order valence-corrected chi connectivity index (χ1v) is 10.9. The van der Waals surface area contributed by atoms with E-state index in [1.54, 1.807) is 0 Å². The van der Waals surface area contributed by atoms with Crippen LogP contribution in [0.3, 0.4) is 0 Å². The van der Waals surface area contributed by atoms with Gasteiger partial charge in [0.05, 0.1) is 11.8 Å². The van der Waals surface area contributed by atoms with E-state index in [1.807, 2.05) is 6.92 Å². The van der Waals surface area contributed by atoms with E-state index < -0.39 is 33.3 Å². The summed E-state index contributed by atoms with van der Waals surface area (Å²) in [4.78, 5) is 13.2. The Morgan fingerprint density at radius 3 is 2.52 bits per heavy atom. The van der Waals surface area contributed by atoms with Crippen LogP contribution in [0.15, 0.2) is 51.7 Å². The van der Waals surface area contributed by atoms with Crippen LogP contribution in [0.1, 0.15) is 38.1 Å². The molecule has 3 rings (SSSR count). The molecule has 0 spiro atoms. The largest absolute Gasteiger partial charge is 0.457 e. The summed E-state index contributed by atoms with van der Waals surface area (Å²) in [5, 5.41) is -0.288. The van der Waals surface area contributed by atoms with Crippen molar-refractivity contribution in [1.29, 1.82) is 0 Å². The van der Waals surface area contributed by atoms with E-state index in [-0.39, 0.29) is 34.3 Å². The third-order valence-electron chi connectivity index (χ3n) is 4.41. The Kier molecular flexibility index (Phi) is 6.14. The molecule has 0 radical (unpaired) electrons. The highest BCUT2D eigenvalue weighted by Crippen LogP contribution is 2.35. The van der Waals surface area contributed by atoms with Gasteiger partial charge in [-0.05, 0) is 36.2 Å². The van der Waals surface area contributed by atoms with Crippen molar-refractivity contribution in [3.8, 4) is 11.1 Å². The van der Waals surface area contributed by atoms with Gasteiger partial charge in [0.2, 0.25) is 5.43 Å². The fourth-order valence-electron chi connectivity index (χ4n) is 3.18. The van der Waals surface area contributed by atoms with E-state index in [9.17, 15) is 22.0 Å². The highest BCUT2D eigenvalue weighted by Gasteiger charge is 2.28. The number of rotatable bonds is 7. The molecule has 0 aliphatic rings. The summed E-state index contributed by atoms with van der Waals surface area (Å²) in [6, 6.07) is 9.10. The molecule has 0 aliphatic heterocycles. The van der Waals surface area contributed by atoms with E-state index in [1.165, 1.54) is 30.3 Å². The summed E-state index contributed by atoms with van der Waals surface area (Å²) >= 11 is 0. The molecular formula is C21H20F2O5S. The van der Waals surface area contributed by atoms with Crippen molar-refractivity contribution >= 4 is 21.1 Å². The van der Waals surface area contributed by atoms with Gasteiger partial charge in [0.1, 0.15) is 34.5 Å². The van der Waals surface area contributed by atoms with Crippen molar-refractivity contribution in [3.05, 3.63) is 70.1 Å². The van der Waals surface area contributed by atoms with Crippen molar-refractivity contribution in [2.45, 2.75) is 32.3 Å². The zero-order valence-electron chi connectivity index (χ0n) is 15.9. The van der Waals surface area contributed by atoms with E-state index >= 15 is 0 Å². The van der Waals surface area contributed by atoms with Crippen molar-refractivity contribution in [1.82, 2.24) is 0 Å². The number of benzene rings is 2. The molecule has 0 fully saturated rings. The molecule has 1 unspecified atom stereocenters. The van der Waals surface area contributed by atoms with E-state index in [2.05, 4.69) is 0 Å². The summed E-state index contributed by atoms with van der Waals surface area (Å²) in [5.41, 5.74) is -0.725. The fourth-order valence-corrected chi connectivity index (χ4v) is 3.79. The first kappa shape index (κ1) is 21.1. The predicted molar refractivity (Wildman–Crippen MR) is 106 cm³/mol. The van der Waals surface area contributed by atoms with Gasteiger partial charge in [0, 0.05) is 0 Å². The minimum atomic E-state index is -3.89. The Labute approximate surface area is 167 Å². The number of hydrogen-bond acceptors (Lipinski definition) is 5. The van der Waals surface area contributed by atoms with Gasteiger partial charge in [-0.2, -0.15) is 8.42 Å². The molecule has 0 amide bonds. The molecular weight excluding hydrogens is 402 g/mol. The average molecular weight is 422 g/mol. The van der Waals surface area contributed by atoms with E-state index in [0.29, 0.717) is 6.42 Å². The molecule has 0 saturated carbocycles. The minimum absolute atomic E-state index is 0.0382. The first-order chi connectivity index (χ1) is 13.7. The van der Waals surface area contributed by atoms with Gasteiger partial charge >= 0.3 is 0 Å². The van der Waals surface area contributed by atoms with Crippen molar-refractivity contribution in [2.24, 2.45) is 0 Å². The molecule has 154 valence electrons. The number of unbranched alkanes of at least 4 members (excludes halogenated alkanes) is 1. The standard InChI is InChI=1S/C21H20F2O5S/c1-3-4-10-17(28-29(2,25)26)21-18(13-7-5-8-14(22)12-13)20(24)19-15(23)9-6-11-16(19)27-21/h5-9,11-12,17H,3-4,10H2,1-2H3. The van der Waals surface area contributed by atoms with Crippen LogP contribution in [-0.4, -0.2) is 14.7 Å². The van der Waals surface area contributed by atoms with Gasteiger partial charge in [0.25, 0.3) is 10.1 Å². The van der Waals surface area contributed by atoms with Crippen LogP contribution in [0.25, 0.3) is 22.1 Å². The number of halogens is 2. The Morgan fingerprint density at radius 1 is 1.14 bits per heavy atom. The Hall–Kier alpha value is -2.58. The van der Waals surface area contributed by atoms with Crippen LogP contribution >= 0.6 is 0 Å². The maximum Gasteiger partial charge on any atom is 0.265 e. The van der Waals surface area contributed by atoms with Gasteiger partial charge in [-0.15, -0.1) is 0 Å². The summed E-state index contributed by atoms with van der Waals surface area (Å²) < 4.78 is 62.9. The molecule has 8 heteroatoms. The topological polar surface area (TPSA) is 73.6 Å². The van der Waals surface area contributed by atoms with Gasteiger partial charge in [0.15, 0.2) is 0 Å². The molecule has 1 aromatic heterocycles. The fraction of sp³-hybridized carbons (Fsp3) is 0.286. The number of fused-ring (bicyclic) bond motifs is 1.